The van der Waals surface area contributed by atoms with Gasteiger partial charge in [-0.1, -0.05) is 13.0 Å². The fourth-order valence-corrected chi connectivity index (χ4v) is 2.32. The molecular formula is C14H21N3O2. The van der Waals surface area contributed by atoms with Crippen molar-refractivity contribution in [2.45, 2.75) is 25.8 Å². The van der Waals surface area contributed by atoms with Crippen molar-refractivity contribution >= 4 is 11.6 Å². The number of nitrogens with two attached hydrogens (primary N) is 1. The molecule has 1 saturated heterocycles. The van der Waals surface area contributed by atoms with Crippen molar-refractivity contribution in [1.82, 2.24) is 10.3 Å². The lowest BCUT2D eigenvalue weighted by molar-refractivity contribution is -0.122. The lowest BCUT2D eigenvalue weighted by Gasteiger charge is -2.18. The first-order valence-electron chi connectivity index (χ1n) is 6.75. The van der Waals surface area contributed by atoms with Crippen LogP contribution < -0.4 is 11.1 Å². The zero-order valence-electron chi connectivity index (χ0n) is 11.3. The molecule has 0 bridgehead atoms. The molecule has 0 aromatic carbocycles. The van der Waals surface area contributed by atoms with E-state index in [0.717, 1.165) is 18.5 Å². The van der Waals surface area contributed by atoms with Crippen molar-refractivity contribution in [3.05, 3.63) is 23.9 Å². The normalized spacial score (nSPS) is 22.6. The summed E-state index contributed by atoms with van der Waals surface area (Å²) in [5.41, 5.74) is 6.57. The van der Waals surface area contributed by atoms with E-state index in [1.165, 1.54) is 0 Å². The van der Waals surface area contributed by atoms with Gasteiger partial charge in [0.1, 0.15) is 11.6 Å². The Morgan fingerprint density at radius 3 is 3.16 bits per heavy atom. The summed E-state index contributed by atoms with van der Waals surface area (Å²) in [5.74, 6) is 0.532. The lowest BCUT2D eigenvalue weighted by Crippen LogP contribution is -2.40. The average Bonchev–Trinajstić information content (AvgIpc) is 2.87. The van der Waals surface area contributed by atoms with Crippen LogP contribution in [0, 0.1) is 5.92 Å². The van der Waals surface area contributed by atoms with E-state index in [4.69, 9.17) is 10.5 Å². The molecule has 2 rings (SSSR count). The minimum atomic E-state index is -0.0776. The van der Waals surface area contributed by atoms with Gasteiger partial charge in [0.15, 0.2) is 0 Å². The first-order chi connectivity index (χ1) is 9.22. The largest absolute Gasteiger partial charge is 0.383 e. The van der Waals surface area contributed by atoms with Crippen molar-refractivity contribution in [2.24, 2.45) is 5.92 Å². The van der Waals surface area contributed by atoms with Crippen LogP contribution in [0.2, 0.25) is 0 Å². The molecule has 1 fully saturated rings. The maximum absolute atomic E-state index is 12.3. The molecule has 2 heterocycles. The Morgan fingerprint density at radius 2 is 2.42 bits per heavy atom. The predicted molar refractivity (Wildman–Crippen MR) is 73.8 cm³/mol. The number of carbonyl (C=O) groups is 1. The maximum atomic E-state index is 12.3. The summed E-state index contributed by atoms with van der Waals surface area (Å²) >= 11 is 0. The Hall–Kier alpha value is -1.46. The van der Waals surface area contributed by atoms with Crippen molar-refractivity contribution in [3.8, 4) is 0 Å². The molecule has 5 heteroatoms. The van der Waals surface area contributed by atoms with E-state index >= 15 is 0 Å². The third-order valence-electron chi connectivity index (χ3n) is 3.44. The standard InChI is InChI=1S/C14H21N3O2/c1-2-5-16-12-9-19-8-11(12)13(18)7-10-4-3-6-17-14(10)15/h3-4,6,11-12,16H,2,5,7-9H2,1H3,(H2,15,17). The van der Waals surface area contributed by atoms with Crippen LogP contribution in [-0.4, -0.2) is 36.6 Å². The highest BCUT2D eigenvalue weighted by Gasteiger charge is 2.33. The summed E-state index contributed by atoms with van der Waals surface area (Å²) in [5, 5.41) is 3.37. The zero-order chi connectivity index (χ0) is 13.7. The van der Waals surface area contributed by atoms with Crippen LogP contribution in [0.1, 0.15) is 18.9 Å². The van der Waals surface area contributed by atoms with Crippen molar-refractivity contribution < 1.29 is 9.53 Å². The van der Waals surface area contributed by atoms with Crippen molar-refractivity contribution in [1.29, 1.82) is 0 Å². The van der Waals surface area contributed by atoms with Gasteiger partial charge in [-0.3, -0.25) is 4.79 Å². The summed E-state index contributed by atoms with van der Waals surface area (Å²) < 4.78 is 5.43. The van der Waals surface area contributed by atoms with E-state index in [2.05, 4.69) is 17.2 Å². The van der Waals surface area contributed by atoms with Crippen molar-refractivity contribution in [2.75, 3.05) is 25.5 Å². The lowest BCUT2D eigenvalue weighted by atomic mass is 9.94. The van der Waals surface area contributed by atoms with Gasteiger partial charge in [-0.2, -0.15) is 0 Å². The number of Topliss-reactive ketones (excluding diaryl/α,β-unsaturated/α-hetero) is 1. The number of nitrogens with zero attached hydrogens (tertiary/aromatic N) is 1. The molecule has 0 aliphatic carbocycles. The predicted octanol–water partition coefficient (Wildman–Crippen LogP) is 0.790. The zero-order valence-corrected chi connectivity index (χ0v) is 11.3. The Morgan fingerprint density at radius 1 is 1.58 bits per heavy atom. The Kier molecular flexibility index (Phi) is 4.87. The molecule has 1 aliphatic heterocycles. The van der Waals surface area contributed by atoms with Gasteiger partial charge >= 0.3 is 0 Å². The number of ether oxygens (including phenoxy) is 1. The number of hydrogen-bond donors (Lipinski definition) is 2. The molecule has 0 radical (unpaired) electrons. The molecule has 1 aromatic rings. The van der Waals surface area contributed by atoms with Crippen LogP contribution >= 0.6 is 0 Å². The quantitative estimate of drug-likeness (QED) is 0.793. The Balaban J connectivity index is 1.97. The molecule has 5 nitrogen and oxygen atoms in total. The van der Waals surface area contributed by atoms with E-state index in [9.17, 15) is 4.79 Å². The molecule has 2 unspecified atom stereocenters. The number of carbonyl (C=O) groups excluding carboxylic acids is 1. The molecule has 0 amide bonds. The molecule has 1 aliphatic rings. The van der Waals surface area contributed by atoms with Gasteiger partial charge in [0.05, 0.1) is 19.1 Å². The minimum absolute atomic E-state index is 0.0776. The summed E-state index contributed by atoms with van der Waals surface area (Å²) in [6.45, 7) is 4.13. The van der Waals surface area contributed by atoms with Crippen LogP contribution in [0.15, 0.2) is 18.3 Å². The number of ketones is 1. The van der Waals surface area contributed by atoms with Gasteiger partial charge in [0.2, 0.25) is 0 Å². The molecule has 19 heavy (non-hydrogen) atoms. The van der Waals surface area contributed by atoms with Crippen LogP contribution in [0.3, 0.4) is 0 Å². The van der Waals surface area contributed by atoms with E-state index < -0.39 is 0 Å². The van der Waals surface area contributed by atoms with E-state index in [-0.39, 0.29) is 17.7 Å². The SMILES string of the molecule is CCCNC1COCC1C(=O)Cc1cccnc1N. The molecular weight excluding hydrogens is 242 g/mol. The summed E-state index contributed by atoms with van der Waals surface area (Å²) in [4.78, 5) is 16.3. The topological polar surface area (TPSA) is 77.2 Å². The summed E-state index contributed by atoms with van der Waals surface area (Å²) in [6.07, 6.45) is 3.01. The highest BCUT2D eigenvalue weighted by molar-refractivity contribution is 5.85. The van der Waals surface area contributed by atoms with Gasteiger partial charge in [0.25, 0.3) is 0 Å². The third kappa shape index (κ3) is 3.52. The first-order valence-corrected chi connectivity index (χ1v) is 6.75. The molecule has 1 aromatic heterocycles. The van der Waals surface area contributed by atoms with Gasteiger partial charge in [0, 0.05) is 24.2 Å². The summed E-state index contributed by atoms with van der Waals surface area (Å²) in [7, 11) is 0. The molecule has 0 saturated carbocycles. The fraction of sp³-hybridized carbons (Fsp3) is 0.571. The third-order valence-corrected chi connectivity index (χ3v) is 3.44. The van der Waals surface area contributed by atoms with Crippen LogP contribution in [0.5, 0.6) is 0 Å². The molecule has 3 N–H and O–H groups in total. The fourth-order valence-electron chi connectivity index (χ4n) is 2.32. The Bertz CT molecular complexity index is 436. The second-order valence-corrected chi connectivity index (χ2v) is 4.90. The number of aromatic nitrogens is 1. The van der Waals surface area contributed by atoms with Gasteiger partial charge in [-0.05, 0) is 19.0 Å². The highest BCUT2D eigenvalue weighted by atomic mass is 16.5. The van der Waals surface area contributed by atoms with E-state index in [1.54, 1.807) is 12.3 Å². The highest BCUT2D eigenvalue weighted by Crippen LogP contribution is 2.18. The van der Waals surface area contributed by atoms with Gasteiger partial charge < -0.3 is 15.8 Å². The monoisotopic (exact) mass is 263 g/mol. The van der Waals surface area contributed by atoms with E-state index in [1.807, 2.05) is 6.07 Å². The molecule has 104 valence electrons. The van der Waals surface area contributed by atoms with Gasteiger partial charge in [-0.25, -0.2) is 4.98 Å². The smallest absolute Gasteiger partial charge is 0.144 e. The van der Waals surface area contributed by atoms with Crippen LogP contribution in [-0.2, 0) is 16.0 Å². The van der Waals surface area contributed by atoms with Crippen LogP contribution in [0.25, 0.3) is 0 Å². The average molecular weight is 263 g/mol. The maximum Gasteiger partial charge on any atom is 0.144 e. The number of hydrogen-bond acceptors (Lipinski definition) is 5. The second-order valence-electron chi connectivity index (χ2n) is 4.90. The Labute approximate surface area is 113 Å². The van der Waals surface area contributed by atoms with Gasteiger partial charge in [-0.15, -0.1) is 0 Å². The summed E-state index contributed by atoms with van der Waals surface area (Å²) in [6, 6.07) is 3.78. The molecule has 2 atom stereocenters. The van der Waals surface area contributed by atoms with Crippen LogP contribution in [0.4, 0.5) is 5.82 Å². The minimum Gasteiger partial charge on any atom is -0.383 e. The first kappa shape index (κ1) is 14.0. The molecule has 0 spiro atoms. The second kappa shape index (κ2) is 6.63. The number of anilines is 1. The number of nitrogen functional groups attached to an aromatic ring is 1. The van der Waals surface area contributed by atoms with E-state index in [0.29, 0.717) is 25.5 Å². The number of pyridine rings is 1. The number of nitrogens with one attached hydrogen (secondary N) is 1. The number of rotatable bonds is 6. The van der Waals surface area contributed by atoms with Crippen molar-refractivity contribution in [3.63, 3.8) is 0 Å².